The average Bonchev–Trinajstić information content (AvgIpc) is 2.78. The van der Waals surface area contributed by atoms with E-state index in [0.717, 1.165) is 23.0 Å². The van der Waals surface area contributed by atoms with Crippen LogP contribution >= 0.6 is 11.3 Å². The van der Waals surface area contributed by atoms with Crippen LogP contribution in [0.3, 0.4) is 0 Å². The van der Waals surface area contributed by atoms with Crippen molar-refractivity contribution in [3.05, 3.63) is 52.0 Å². The van der Waals surface area contributed by atoms with Gasteiger partial charge in [0.25, 0.3) is 0 Å². The van der Waals surface area contributed by atoms with Gasteiger partial charge >= 0.3 is 0 Å². The van der Waals surface area contributed by atoms with Crippen LogP contribution in [0.2, 0.25) is 0 Å². The summed E-state index contributed by atoms with van der Waals surface area (Å²) in [6.07, 6.45) is 1.75. The lowest BCUT2D eigenvalue weighted by Gasteiger charge is -2.14. The standard InChI is InChI=1S/C13H16N2OS/c1-15(8-11-5-3-2-4-6-11)9-13-14-7-12(10-16)17-13/h2-7,16H,8-10H2,1H3. The van der Waals surface area contributed by atoms with Crippen molar-refractivity contribution in [1.82, 2.24) is 9.88 Å². The smallest absolute Gasteiger partial charge is 0.107 e. The number of rotatable bonds is 5. The lowest BCUT2D eigenvalue weighted by Crippen LogP contribution is -2.16. The van der Waals surface area contributed by atoms with Crippen LogP contribution in [0.25, 0.3) is 0 Å². The third kappa shape index (κ3) is 3.63. The van der Waals surface area contributed by atoms with Crippen LogP contribution in [-0.2, 0) is 19.7 Å². The molecular formula is C13H16N2OS. The molecule has 0 bridgehead atoms. The molecule has 4 heteroatoms. The number of nitrogens with zero attached hydrogens (tertiary/aromatic N) is 2. The number of hydrogen-bond donors (Lipinski definition) is 1. The molecule has 1 N–H and O–H groups in total. The maximum Gasteiger partial charge on any atom is 0.107 e. The van der Waals surface area contributed by atoms with Crippen LogP contribution < -0.4 is 0 Å². The molecule has 90 valence electrons. The average molecular weight is 248 g/mol. The van der Waals surface area contributed by atoms with Crippen LogP contribution in [0.1, 0.15) is 15.4 Å². The van der Waals surface area contributed by atoms with Crippen molar-refractivity contribution in [2.24, 2.45) is 0 Å². The highest BCUT2D eigenvalue weighted by molar-refractivity contribution is 7.11. The van der Waals surface area contributed by atoms with Gasteiger partial charge in [-0.25, -0.2) is 4.98 Å². The second kappa shape index (κ2) is 5.91. The first-order chi connectivity index (χ1) is 8.28. The van der Waals surface area contributed by atoms with Gasteiger partial charge in [-0.05, 0) is 12.6 Å². The zero-order valence-corrected chi connectivity index (χ0v) is 10.7. The van der Waals surface area contributed by atoms with Crippen molar-refractivity contribution in [2.75, 3.05) is 7.05 Å². The predicted octanol–water partition coefficient (Wildman–Crippen LogP) is 2.27. The third-order valence-corrected chi connectivity index (χ3v) is 3.42. The van der Waals surface area contributed by atoms with Crippen LogP contribution in [0, 0.1) is 0 Å². The van der Waals surface area contributed by atoms with Gasteiger partial charge in [0.15, 0.2) is 0 Å². The summed E-state index contributed by atoms with van der Waals surface area (Å²) in [6.45, 7) is 1.81. The van der Waals surface area contributed by atoms with E-state index in [-0.39, 0.29) is 6.61 Å². The van der Waals surface area contributed by atoms with E-state index >= 15 is 0 Å². The first-order valence-electron chi connectivity index (χ1n) is 5.55. The molecular weight excluding hydrogens is 232 g/mol. The lowest BCUT2D eigenvalue weighted by atomic mass is 10.2. The maximum absolute atomic E-state index is 8.98. The molecule has 1 aromatic carbocycles. The number of thiazole rings is 1. The molecule has 0 aliphatic carbocycles. The first-order valence-corrected chi connectivity index (χ1v) is 6.36. The Morgan fingerprint density at radius 3 is 2.65 bits per heavy atom. The number of aromatic nitrogens is 1. The second-order valence-electron chi connectivity index (χ2n) is 4.04. The molecule has 17 heavy (non-hydrogen) atoms. The third-order valence-electron chi connectivity index (χ3n) is 2.46. The summed E-state index contributed by atoms with van der Waals surface area (Å²) < 4.78 is 0. The Morgan fingerprint density at radius 2 is 2.00 bits per heavy atom. The highest BCUT2D eigenvalue weighted by atomic mass is 32.1. The van der Waals surface area contributed by atoms with Gasteiger partial charge in [0.1, 0.15) is 5.01 Å². The summed E-state index contributed by atoms with van der Waals surface area (Å²) in [5.74, 6) is 0. The SMILES string of the molecule is CN(Cc1ccccc1)Cc1ncc(CO)s1. The Morgan fingerprint density at radius 1 is 1.24 bits per heavy atom. The molecule has 0 spiro atoms. The van der Waals surface area contributed by atoms with E-state index in [4.69, 9.17) is 5.11 Å². The highest BCUT2D eigenvalue weighted by Crippen LogP contribution is 2.15. The summed E-state index contributed by atoms with van der Waals surface area (Å²) in [6, 6.07) is 10.4. The van der Waals surface area contributed by atoms with Gasteiger partial charge < -0.3 is 5.11 Å². The molecule has 0 aliphatic rings. The minimum Gasteiger partial charge on any atom is -0.391 e. The maximum atomic E-state index is 8.98. The Hall–Kier alpha value is -1.23. The number of hydrogen-bond acceptors (Lipinski definition) is 4. The van der Waals surface area contributed by atoms with Crippen molar-refractivity contribution in [2.45, 2.75) is 19.7 Å². The van der Waals surface area contributed by atoms with E-state index in [9.17, 15) is 0 Å². The molecule has 0 aliphatic heterocycles. The Balaban J connectivity index is 1.91. The van der Waals surface area contributed by atoms with Gasteiger partial charge in [-0.3, -0.25) is 4.90 Å². The van der Waals surface area contributed by atoms with Gasteiger partial charge in [-0.1, -0.05) is 30.3 Å². The molecule has 0 unspecified atom stereocenters. The molecule has 1 heterocycles. The van der Waals surface area contributed by atoms with E-state index in [1.807, 2.05) is 6.07 Å². The Bertz CT molecular complexity index is 455. The summed E-state index contributed by atoms with van der Waals surface area (Å²) in [7, 11) is 2.08. The van der Waals surface area contributed by atoms with Gasteiger partial charge in [0.05, 0.1) is 18.0 Å². The minimum absolute atomic E-state index is 0.0834. The number of aliphatic hydroxyl groups is 1. The molecule has 0 saturated carbocycles. The number of aliphatic hydroxyl groups excluding tert-OH is 1. The monoisotopic (exact) mass is 248 g/mol. The van der Waals surface area contributed by atoms with Gasteiger partial charge in [0.2, 0.25) is 0 Å². The van der Waals surface area contributed by atoms with Gasteiger partial charge in [-0.15, -0.1) is 11.3 Å². The van der Waals surface area contributed by atoms with Crippen molar-refractivity contribution < 1.29 is 5.11 Å². The minimum atomic E-state index is 0.0834. The second-order valence-corrected chi connectivity index (χ2v) is 5.24. The largest absolute Gasteiger partial charge is 0.391 e. The molecule has 0 amide bonds. The topological polar surface area (TPSA) is 36.4 Å². The summed E-state index contributed by atoms with van der Waals surface area (Å²) >= 11 is 1.57. The molecule has 0 saturated heterocycles. The number of benzene rings is 1. The molecule has 3 nitrogen and oxygen atoms in total. The highest BCUT2D eigenvalue weighted by Gasteiger charge is 2.05. The van der Waals surface area contributed by atoms with Crippen LogP contribution in [0.4, 0.5) is 0 Å². The fourth-order valence-electron chi connectivity index (χ4n) is 1.68. The lowest BCUT2D eigenvalue weighted by molar-refractivity contribution is 0.285. The van der Waals surface area contributed by atoms with Crippen molar-refractivity contribution in [1.29, 1.82) is 0 Å². The van der Waals surface area contributed by atoms with Crippen molar-refractivity contribution in [3.8, 4) is 0 Å². The Labute approximate surface area is 105 Å². The molecule has 2 rings (SSSR count). The van der Waals surface area contributed by atoms with Crippen LogP contribution in [0.5, 0.6) is 0 Å². The zero-order chi connectivity index (χ0) is 12.1. The van der Waals surface area contributed by atoms with Crippen molar-refractivity contribution in [3.63, 3.8) is 0 Å². The van der Waals surface area contributed by atoms with Crippen LogP contribution in [-0.4, -0.2) is 22.0 Å². The molecule has 0 atom stereocenters. The fourth-order valence-corrected chi connectivity index (χ4v) is 2.54. The molecule has 1 aromatic heterocycles. The fraction of sp³-hybridized carbons (Fsp3) is 0.308. The summed E-state index contributed by atoms with van der Waals surface area (Å²) in [5.41, 5.74) is 1.30. The first kappa shape index (κ1) is 12.2. The normalized spacial score (nSPS) is 11.0. The van der Waals surface area contributed by atoms with E-state index in [1.54, 1.807) is 17.5 Å². The van der Waals surface area contributed by atoms with E-state index < -0.39 is 0 Å². The van der Waals surface area contributed by atoms with Gasteiger partial charge in [0, 0.05) is 12.7 Å². The predicted molar refractivity (Wildman–Crippen MR) is 69.6 cm³/mol. The van der Waals surface area contributed by atoms with E-state index in [1.165, 1.54) is 5.56 Å². The molecule has 0 radical (unpaired) electrons. The molecule has 2 aromatic rings. The van der Waals surface area contributed by atoms with E-state index in [2.05, 4.69) is 41.2 Å². The van der Waals surface area contributed by atoms with Crippen LogP contribution in [0.15, 0.2) is 36.5 Å². The van der Waals surface area contributed by atoms with Crippen molar-refractivity contribution >= 4 is 11.3 Å². The Kier molecular flexibility index (Phi) is 4.25. The quantitative estimate of drug-likeness (QED) is 0.882. The van der Waals surface area contributed by atoms with E-state index in [0.29, 0.717) is 0 Å². The molecule has 0 fully saturated rings. The summed E-state index contributed by atoms with van der Waals surface area (Å²) in [5, 5.41) is 10.0. The zero-order valence-electron chi connectivity index (χ0n) is 9.84. The van der Waals surface area contributed by atoms with Gasteiger partial charge in [-0.2, -0.15) is 0 Å². The summed E-state index contributed by atoms with van der Waals surface area (Å²) in [4.78, 5) is 7.43.